The highest BCUT2D eigenvalue weighted by Crippen LogP contribution is 2.27. The van der Waals surface area contributed by atoms with Crippen molar-refractivity contribution in [3.05, 3.63) is 34.6 Å². The molecule has 0 heterocycles. The van der Waals surface area contributed by atoms with Gasteiger partial charge in [-0.15, -0.1) is 0 Å². The summed E-state index contributed by atoms with van der Waals surface area (Å²) in [4.78, 5) is 0. The summed E-state index contributed by atoms with van der Waals surface area (Å²) in [6.07, 6.45) is -0.360. The minimum atomic E-state index is -0.605. The van der Waals surface area contributed by atoms with Crippen LogP contribution in [0, 0.1) is 11.2 Å². The number of hydrogen-bond acceptors (Lipinski definition) is 1. The van der Waals surface area contributed by atoms with Crippen LogP contribution in [0.5, 0.6) is 0 Å². The molecule has 0 spiro atoms. The summed E-state index contributed by atoms with van der Waals surface area (Å²) >= 11 is 5.87. The molecule has 1 nitrogen and oxygen atoms in total. The van der Waals surface area contributed by atoms with E-state index >= 15 is 0 Å². The van der Waals surface area contributed by atoms with E-state index in [1.807, 2.05) is 20.8 Å². The predicted octanol–water partition coefficient (Wildman–Crippen LogP) is 3.43. The molecule has 3 heteroatoms. The summed E-state index contributed by atoms with van der Waals surface area (Å²) in [6, 6.07) is 4.55. The maximum Gasteiger partial charge on any atom is 0.127 e. The lowest BCUT2D eigenvalue weighted by atomic mass is 9.85. The second kappa shape index (κ2) is 4.50. The first-order valence-electron chi connectivity index (χ1n) is 4.93. The molecule has 0 aliphatic rings. The minimum Gasteiger partial charge on any atom is -0.392 e. The fraction of sp³-hybridized carbons (Fsp3) is 0.500. The number of halogens is 2. The highest BCUT2D eigenvalue weighted by atomic mass is 35.5. The predicted molar refractivity (Wildman–Crippen MR) is 60.6 cm³/mol. The fourth-order valence-corrected chi connectivity index (χ4v) is 1.47. The van der Waals surface area contributed by atoms with Crippen LogP contribution in [0.4, 0.5) is 4.39 Å². The van der Waals surface area contributed by atoms with Gasteiger partial charge in [0.25, 0.3) is 0 Å². The first-order chi connectivity index (χ1) is 6.82. The molecule has 0 saturated carbocycles. The molecule has 0 fully saturated rings. The Morgan fingerprint density at radius 3 is 2.47 bits per heavy atom. The summed E-state index contributed by atoms with van der Waals surface area (Å²) in [6.45, 7) is 5.73. The Bertz CT molecular complexity index is 324. The maximum atomic E-state index is 13.4. The lowest BCUT2D eigenvalue weighted by Gasteiger charge is -2.26. The maximum absolute atomic E-state index is 13.4. The van der Waals surface area contributed by atoms with Gasteiger partial charge in [-0.2, -0.15) is 0 Å². The lowest BCUT2D eigenvalue weighted by molar-refractivity contribution is 0.0629. The van der Waals surface area contributed by atoms with E-state index in [0.717, 1.165) is 0 Å². The van der Waals surface area contributed by atoms with Crippen molar-refractivity contribution in [1.82, 2.24) is 0 Å². The Kier molecular flexibility index (Phi) is 3.74. The van der Waals surface area contributed by atoms with Gasteiger partial charge < -0.3 is 5.11 Å². The van der Waals surface area contributed by atoms with Gasteiger partial charge in [-0.05, 0) is 17.5 Å². The Morgan fingerprint density at radius 1 is 1.40 bits per heavy atom. The molecule has 1 rings (SSSR count). The molecule has 0 saturated heterocycles. The monoisotopic (exact) mass is 230 g/mol. The molecule has 1 N–H and O–H groups in total. The SMILES string of the molecule is CC(C)(C)C(O)Cc1c(F)cccc1Cl. The Balaban J connectivity index is 2.90. The van der Waals surface area contributed by atoms with Crippen molar-refractivity contribution in [2.45, 2.75) is 33.3 Å². The van der Waals surface area contributed by atoms with E-state index in [2.05, 4.69) is 0 Å². The first-order valence-corrected chi connectivity index (χ1v) is 5.31. The highest BCUT2D eigenvalue weighted by molar-refractivity contribution is 6.31. The van der Waals surface area contributed by atoms with Crippen LogP contribution in [0.2, 0.25) is 5.02 Å². The number of hydrogen-bond donors (Lipinski definition) is 1. The van der Waals surface area contributed by atoms with Gasteiger partial charge in [-0.25, -0.2) is 4.39 Å². The summed E-state index contributed by atoms with van der Waals surface area (Å²) in [7, 11) is 0. The molecular formula is C12H16ClFO. The van der Waals surface area contributed by atoms with E-state index in [4.69, 9.17) is 11.6 Å². The molecular weight excluding hydrogens is 215 g/mol. The van der Waals surface area contributed by atoms with E-state index in [-0.39, 0.29) is 17.7 Å². The van der Waals surface area contributed by atoms with Crippen LogP contribution in [0.1, 0.15) is 26.3 Å². The molecule has 0 aliphatic carbocycles. The zero-order valence-corrected chi connectivity index (χ0v) is 9.98. The van der Waals surface area contributed by atoms with Crippen LogP contribution in [0.15, 0.2) is 18.2 Å². The molecule has 0 bridgehead atoms. The largest absolute Gasteiger partial charge is 0.392 e. The Morgan fingerprint density at radius 2 is 2.00 bits per heavy atom. The molecule has 0 amide bonds. The third-order valence-corrected chi connectivity index (χ3v) is 2.81. The molecule has 15 heavy (non-hydrogen) atoms. The summed E-state index contributed by atoms with van der Waals surface area (Å²) in [5.41, 5.74) is 0.118. The van der Waals surface area contributed by atoms with Gasteiger partial charge in [0.2, 0.25) is 0 Å². The van der Waals surface area contributed by atoms with Crippen LogP contribution < -0.4 is 0 Å². The average molecular weight is 231 g/mol. The van der Waals surface area contributed by atoms with E-state index < -0.39 is 6.10 Å². The smallest absolute Gasteiger partial charge is 0.127 e. The highest BCUT2D eigenvalue weighted by Gasteiger charge is 2.24. The normalized spacial score (nSPS) is 14.0. The van der Waals surface area contributed by atoms with Crippen LogP contribution in [-0.4, -0.2) is 11.2 Å². The zero-order chi connectivity index (χ0) is 11.6. The molecule has 0 radical (unpaired) electrons. The molecule has 84 valence electrons. The van der Waals surface area contributed by atoms with Crippen molar-refractivity contribution < 1.29 is 9.50 Å². The van der Waals surface area contributed by atoms with Crippen LogP contribution in [0.25, 0.3) is 0 Å². The van der Waals surface area contributed by atoms with Crippen molar-refractivity contribution in [3.63, 3.8) is 0 Å². The summed E-state index contributed by atoms with van der Waals surface area (Å²) in [5.74, 6) is -0.356. The topological polar surface area (TPSA) is 20.2 Å². The quantitative estimate of drug-likeness (QED) is 0.826. The second-order valence-electron chi connectivity index (χ2n) is 4.79. The molecule has 1 atom stereocenters. The molecule has 1 aromatic rings. The summed E-state index contributed by atoms with van der Waals surface area (Å²) < 4.78 is 13.4. The first kappa shape index (κ1) is 12.5. The minimum absolute atomic E-state index is 0.245. The van der Waals surface area contributed by atoms with Gasteiger partial charge in [0.1, 0.15) is 5.82 Å². The van der Waals surface area contributed by atoms with E-state index in [1.54, 1.807) is 12.1 Å². The third kappa shape index (κ3) is 3.18. The van der Waals surface area contributed by atoms with Gasteiger partial charge >= 0.3 is 0 Å². The zero-order valence-electron chi connectivity index (χ0n) is 9.22. The van der Waals surface area contributed by atoms with Crippen LogP contribution in [0.3, 0.4) is 0 Å². The van der Waals surface area contributed by atoms with Crippen LogP contribution >= 0.6 is 11.6 Å². The molecule has 1 aromatic carbocycles. The Labute approximate surface area is 94.9 Å². The number of aliphatic hydroxyl groups is 1. The van der Waals surface area contributed by atoms with E-state index in [9.17, 15) is 9.50 Å². The average Bonchev–Trinajstić information content (AvgIpc) is 2.09. The van der Waals surface area contributed by atoms with Crippen molar-refractivity contribution in [2.75, 3.05) is 0 Å². The fourth-order valence-electron chi connectivity index (χ4n) is 1.23. The number of aliphatic hydroxyl groups excluding tert-OH is 1. The van der Waals surface area contributed by atoms with Crippen molar-refractivity contribution >= 4 is 11.6 Å². The van der Waals surface area contributed by atoms with E-state index in [0.29, 0.717) is 10.6 Å². The van der Waals surface area contributed by atoms with Crippen molar-refractivity contribution in [2.24, 2.45) is 5.41 Å². The summed E-state index contributed by atoms with van der Waals surface area (Å²) in [5, 5.41) is 10.2. The molecule has 0 aromatic heterocycles. The molecule has 1 unspecified atom stereocenters. The van der Waals surface area contributed by atoms with Gasteiger partial charge in [0, 0.05) is 17.0 Å². The standard InChI is InChI=1S/C12H16ClFO/c1-12(2,3)11(15)7-8-9(13)5-4-6-10(8)14/h4-6,11,15H,7H2,1-3H3. The van der Waals surface area contributed by atoms with Gasteiger partial charge in [0.05, 0.1) is 6.10 Å². The molecule has 0 aliphatic heterocycles. The van der Waals surface area contributed by atoms with Gasteiger partial charge in [-0.1, -0.05) is 38.4 Å². The van der Waals surface area contributed by atoms with Gasteiger partial charge in [-0.3, -0.25) is 0 Å². The number of benzene rings is 1. The second-order valence-corrected chi connectivity index (χ2v) is 5.19. The van der Waals surface area contributed by atoms with E-state index in [1.165, 1.54) is 6.07 Å². The Hall–Kier alpha value is -0.600. The van der Waals surface area contributed by atoms with Crippen molar-refractivity contribution in [1.29, 1.82) is 0 Å². The third-order valence-electron chi connectivity index (χ3n) is 2.46. The lowest BCUT2D eigenvalue weighted by Crippen LogP contribution is -2.28. The van der Waals surface area contributed by atoms with Crippen molar-refractivity contribution in [3.8, 4) is 0 Å². The number of rotatable bonds is 2. The van der Waals surface area contributed by atoms with Crippen LogP contribution in [-0.2, 0) is 6.42 Å². The van der Waals surface area contributed by atoms with Gasteiger partial charge in [0.15, 0.2) is 0 Å².